The average molecular weight is 345 g/mol. The standard InChI is InChI=1S/C10H12IN5O/c1-15(4-7-3-14-16(2)5-7)9-8(11)10(17)13-6-12-9/h3,5-6H,4H2,1-2H3,(H,12,13,17). The summed E-state index contributed by atoms with van der Waals surface area (Å²) in [6.07, 6.45) is 5.16. The molecule has 1 N–H and O–H groups in total. The Labute approximate surface area is 112 Å². The van der Waals surface area contributed by atoms with Crippen LogP contribution < -0.4 is 10.5 Å². The molecule has 0 saturated heterocycles. The zero-order valence-electron chi connectivity index (χ0n) is 9.51. The Morgan fingerprint density at radius 2 is 2.35 bits per heavy atom. The maximum absolute atomic E-state index is 11.5. The topological polar surface area (TPSA) is 66.8 Å². The fourth-order valence-corrected chi connectivity index (χ4v) is 2.25. The second-order valence-corrected chi connectivity index (χ2v) is 4.83. The summed E-state index contributed by atoms with van der Waals surface area (Å²) in [5.41, 5.74) is 0.960. The summed E-state index contributed by atoms with van der Waals surface area (Å²) in [6.45, 7) is 0.667. The lowest BCUT2D eigenvalue weighted by molar-refractivity contribution is 0.766. The van der Waals surface area contributed by atoms with E-state index >= 15 is 0 Å². The predicted molar refractivity (Wildman–Crippen MR) is 72.9 cm³/mol. The van der Waals surface area contributed by atoms with Gasteiger partial charge < -0.3 is 9.88 Å². The maximum Gasteiger partial charge on any atom is 0.266 e. The summed E-state index contributed by atoms with van der Waals surface area (Å²) < 4.78 is 2.34. The van der Waals surface area contributed by atoms with Crippen LogP contribution in [-0.2, 0) is 13.6 Å². The van der Waals surface area contributed by atoms with Gasteiger partial charge in [0.2, 0.25) is 0 Å². The van der Waals surface area contributed by atoms with E-state index in [-0.39, 0.29) is 5.56 Å². The van der Waals surface area contributed by atoms with E-state index in [0.29, 0.717) is 15.9 Å². The summed E-state index contributed by atoms with van der Waals surface area (Å²) in [5, 5.41) is 4.10. The van der Waals surface area contributed by atoms with Crippen molar-refractivity contribution >= 4 is 28.4 Å². The summed E-state index contributed by atoms with van der Waals surface area (Å²) in [7, 11) is 3.77. The van der Waals surface area contributed by atoms with Crippen molar-refractivity contribution in [3.05, 3.63) is 38.2 Å². The summed E-state index contributed by atoms with van der Waals surface area (Å²) in [5.74, 6) is 0.679. The van der Waals surface area contributed by atoms with Crippen molar-refractivity contribution in [2.75, 3.05) is 11.9 Å². The molecule has 0 saturated carbocycles. The molecule has 6 nitrogen and oxygen atoms in total. The van der Waals surface area contributed by atoms with Crippen molar-refractivity contribution in [3.63, 3.8) is 0 Å². The molecule has 0 amide bonds. The summed E-state index contributed by atoms with van der Waals surface area (Å²) in [6, 6.07) is 0. The quantitative estimate of drug-likeness (QED) is 0.834. The minimum Gasteiger partial charge on any atom is -0.354 e. The van der Waals surface area contributed by atoms with Crippen LogP contribution in [0.4, 0.5) is 5.82 Å². The van der Waals surface area contributed by atoms with Crippen molar-refractivity contribution in [1.82, 2.24) is 19.7 Å². The molecule has 0 aromatic carbocycles. The van der Waals surface area contributed by atoms with Crippen LogP contribution >= 0.6 is 22.6 Å². The van der Waals surface area contributed by atoms with E-state index in [2.05, 4.69) is 15.1 Å². The van der Waals surface area contributed by atoms with Gasteiger partial charge in [-0.1, -0.05) is 0 Å². The fourth-order valence-electron chi connectivity index (χ4n) is 1.54. The number of anilines is 1. The van der Waals surface area contributed by atoms with Gasteiger partial charge >= 0.3 is 0 Å². The third-order valence-electron chi connectivity index (χ3n) is 2.32. The predicted octanol–water partition coefficient (Wildman–Crippen LogP) is 0.744. The Bertz CT molecular complexity index is 576. The van der Waals surface area contributed by atoms with E-state index in [1.54, 1.807) is 10.9 Å². The first-order valence-corrected chi connectivity index (χ1v) is 6.07. The van der Waals surface area contributed by atoms with Gasteiger partial charge in [-0.25, -0.2) is 4.98 Å². The number of aromatic amines is 1. The van der Waals surface area contributed by atoms with Crippen LogP contribution in [0, 0.1) is 3.57 Å². The molecule has 0 unspecified atom stereocenters. The normalized spacial score (nSPS) is 10.5. The largest absolute Gasteiger partial charge is 0.354 e. The molecule has 0 aliphatic carbocycles. The molecule has 7 heteroatoms. The highest BCUT2D eigenvalue weighted by atomic mass is 127. The molecule has 2 aromatic rings. The van der Waals surface area contributed by atoms with Crippen molar-refractivity contribution < 1.29 is 0 Å². The first-order valence-electron chi connectivity index (χ1n) is 5.00. The van der Waals surface area contributed by atoms with Gasteiger partial charge in [-0.05, 0) is 22.6 Å². The molecular weight excluding hydrogens is 333 g/mol. The van der Waals surface area contributed by atoms with E-state index in [1.807, 2.05) is 47.8 Å². The first kappa shape index (κ1) is 12.1. The number of hydrogen-bond donors (Lipinski definition) is 1. The van der Waals surface area contributed by atoms with Crippen LogP contribution in [0.15, 0.2) is 23.5 Å². The zero-order valence-corrected chi connectivity index (χ0v) is 11.7. The van der Waals surface area contributed by atoms with Crippen molar-refractivity contribution in [3.8, 4) is 0 Å². The Hall–Kier alpha value is -1.38. The number of nitrogens with one attached hydrogen (secondary N) is 1. The van der Waals surface area contributed by atoms with E-state index in [9.17, 15) is 4.79 Å². The van der Waals surface area contributed by atoms with Crippen LogP contribution in [0.2, 0.25) is 0 Å². The van der Waals surface area contributed by atoms with Gasteiger partial charge in [0.15, 0.2) is 0 Å². The van der Waals surface area contributed by atoms with Crippen molar-refractivity contribution in [2.45, 2.75) is 6.54 Å². The van der Waals surface area contributed by atoms with E-state index in [0.717, 1.165) is 5.56 Å². The smallest absolute Gasteiger partial charge is 0.266 e. The highest BCUT2D eigenvalue weighted by Crippen LogP contribution is 2.15. The lowest BCUT2D eigenvalue weighted by Gasteiger charge is -2.17. The second-order valence-electron chi connectivity index (χ2n) is 3.75. The molecular formula is C10H12IN5O. The van der Waals surface area contributed by atoms with Crippen molar-refractivity contribution in [2.24, 2.45) is 7.05 Å². The Morgan fingerprint density at radius 3 is 3.00 bits per heavy atom. The highest BCUT2D eigenvalue weighted by molar-refractivity contribution is 14.1. The number of aryl methyl sites for hydroxylation is 1. The number of hydrogen-bond acceptors (Lipinski definition) is 4. The molecule has 2 heterocycles. The average Bonchev–Trinajstić information content (AvgIpc) is 2.68. The van der Waals surface area contributed by atoms with E-state index in [4.69, 9.17) is 0 Å². The minimum absolute atomic E-state index is 0.117. The minimum atomic E-state index is -0.117. The molecule has 2 aromatic heterocycles. The first-order chi connectivity index (χ1) is 8.08. The summed E-state index contributed by atoms with van der Waals surface area (Å²) >= 11 is 2.00. The van der Waals surface area contributed by atoms with Gasteiger partial charge in [-0.15, -0.1) is 0 Å². The molecule has 0 bridgehead atoms. The molecule has 90 valence electrons. The maximum atomic E-state index is 11.5. The number of rotatable bonds is 3. The van der Waals surface area contributed by atoms with E-state index in [1.165, 1.54) is 6.33 Å². The van der Waals surface area contributed by atoms with Crippen LogP contribution in [-0.4, -0.2) is 26.8 Å². The number of aromatic nitrogens is 4. The van der Waals surface area contributed by atoms with Gasteiger partial charge in [0.1, 0.15) is 9.39 Å². The van der Waals surface area contributed by atoms with Gasteiger partial charge in [0.25, 0.3) is 5.56 Å². The molecule has 0 spiro atoms. The van der Waals surface area contributed by atoms with Crippen LogP contribution in [0.25, 0.3) is 0 Å². The Kier molecular flexibility index (Phi) is 3.46. The van der Waals surface area contributed by atoms with Crippen LogP contribution in [0.1, 0.15) is 5.56 Å². The monoisotopic (exact) mass is 345 g/mol. The lowest BCUT2D eigenvalue weighted by Crippen LogP contribution is -2.23. The van der Waals surface area contributed by atoms with Gasteiger partial charge in [-0.2, -0.15) is 5.10 Å². The van der Waals surface area contributed by atoms with Crippen LogP contribution in [0.5, 0.6) is 0 Å². The molecule has 0 atom stereocenters. The number of nitrogens with zero attached hydrogens (tertiary/aromatic N) is 4. The van der Waals surface area contributed by atoms with Gasteiger partial charge in [0, 0.05) is 32.4 Å². The molecule has 0 fully saturated rings. The summed E-state index contributed by atoms with van der Waals surface area (Å²) in [4.78, 5) is 20.1. The highest BCUT2D eigenvalue weighted by Gasteiger charge is 2.11. The molecule has 17 heavy (non-hydrogen) atoms. The molecule has 0 radical (unpaired) electrons. The van der Waals surface area contributed by atoms with Crippen molar-refractivity contribution in [1.29, 1.82) is 0 Å². The third-order valence-corrected chi connectivity index (χ3v) is 3.29. The van der Waals surface area contributed by atoms with Gasteiger partial charge in [0.05, 0.1) is 12.5 Å². The molecule has 0 aliphatic heterocycles. The zero-order chi connectivity index (χ0) is 12.4. The molecule has 2 rings (SSSR count). The Balaban J connectivity index is 2.23. The fraction of sp³-hybridized carbons (Fsp3) is 0.300. The SMILES string of the molecule is CN(Cc1cnn(C)c1)c1nc[nH]c(=O)c1I. The van der Waals surface area contributed by atoms with Crippen LogP contribution in [0.3, 0.4) is 0 Å². The number of halogens is 1. The second kappa shape index (κ2) is 4.86. The Morgan fingerprint density at radius 1 is 1.59 bits per heavy atom. The molecule has 0 aliphatic rings. The number of H-pyrrole nitrogens is 1. The lowest BCUT2D eigenvalue weighted by atomic mass is 10.3. The van der Waals surface area contributed by atoms with E-state index < -0.39 is 0 Å². The van der Waals surface area contributed by atoms with Gasteiger partial charge in [-0.3, -0.25) is 9.48 Å². The third kappa shape index (κ3) is 2.65.